The third kappa shape index (κ3) is 3.79. The summed E-state index contributed by atoms with van der Waals surface area (Å²) in [6, 6.07) is 4.41. The van der Waals surface area contributed by atoms with Gasteiger partial charge in [0.15, 0.2) is 0 Å². The van der Waals surface area contributed by atoms with Crippen molar-refractivity contribution >= 4 is 17.3 Å². The fourth-order valence-corrected chi connectivity index (χ4v) is 1.78. The number of halogens is 3. The van der Waals surface area contributed by atoms with Gasteiger partial charge in [-0.05, 0) is 26.0 Å². The standard InChI is InChI=1S/C13H17F3N2O2/c1-4-18(5-2)10-7-6-9(8-11(10)20-3)17-12(19)13(14,15)16/h6-8H,4-5H2,1-3H3,(H,17,19). The van der Waals surface area contributed by atoms with Gasteiger partial charge in [-0.15, -0.1) is 0 Å². The van der Waals surface area contributed by atoms with Crippen LogP contribution >= 0.6 is 0 Å². The predicted molar refractivity (Wildman–Crippen MR) is 71.2 cm³/mol. The highest BCUT2D eigenvalue weighted by molar-refractivity contribution is 5.95. The summed E-state index contributed by atoms with van der Waals surface area (Å²) >= 11 is 0. The third-order valence-corrected chi connectivity index (χ3v) is 2.80. The second kappa shape index (κ2) is 6.49. The maximum absolute atomic E-state index is 12.2. The average Bonchev–Trinajstić information content (AvgIpc) is 2.40. The van der Waals surface area contributed by atoms with E-state index < -0.39 is 12.1 Å². The van der Waals surface area contributed by atoms with Gasteiger partial charge in [0, 0.05) is 24.8 Å². The molecule has 1 N–H and O–H groups in total. The first-order valence-corrected chi connectivity index (χ1v) is 6.14. The highest BCUT2D eigenvalue weighted by Crippen LogP contribution is 2.31. The molecule has 0 aliphatic carbocycles. The number of hydrogen-bond acceptors (Lipinski definition) is 3. The van der Waals surface area contributed by atoms with Crippen molar-refractivity contribution < 1.29 is 22.7 Å². The summed E-state index contributed by atoms with van der Waals surface area (Å²) in [4.78, 5) is 12.9. The van der Waals surface area contributed by atoms with Crippen molar-refractivity contribution in [1.29, 1.82) is 0 Å². The monoisotopic (exact) mass is 290 g/mol. The molecule has 0 atom stereocenters. The van der Waals surface area contributed by atoms with E-state index in [0.717, 1.165) is 18.8 Å². The molecule has 0 bridgehead atoms. The van der Waals surface area contributed by atoms with E-state index in [2.05, 4.69) is 0 Å². The quantitative estimate of drug-likeness (QED) is 0.906. The number of rotatable bonds is 5. The van der Waals surface area contributed by atoms with Gasteiger partial charge in [-0.3, -0.25) is 4.79 Å². The molecular formula is C13H17F3N2O2. The van der Waals surface area contributed by atoms with Gasteiger partial charge in [0.05, 0.1) is 12.8 Å². The maximum Gasteiger partial charge on any atom is 0.471 e. The Morgan fingerprint density at radius 2 is 1.90 bits per heavy atom. The molecule has 0 saturated carbocycles. The lowest BCUT2D eigenvalue weighted by molar-refractivity contribution is -0.167. The number of carbonyl (C=O) groups is 1. The molecular weight excluding hydrogens is 273 g/mol. The van der Waals surface area contributed by atoms with Gasteiger partial charge in [0.1, 0.15) is 5.75 Å². The molecule has 20 heavy (non-hydrogen) atoms. The lowest BCUT2D eigenvalue weighted by Gasteiger charge is -2.23. The molecule has 7 heteroatoms. The minimum absolute atomic E-state index is 0.0417. The van der Waals surface area contributed by atoms with Crippen molar-refractivity contribution in [3.63, 3.8) is 0 Å². The van der Waals surface area contributed by atoms with E-state index in [1.54, 1.807) is 11.4 Å². The molecule has 0 spiro atoms. The van der Waals surface area contributed by atoms with Gasteiger partial charge in [-0.2, -0.15) is 13.2 Å². The Kier molecular flexibility index (Phi) is 5.24. The molecule has 1 aromatic rings. The maximum atomic E-state index is 12.2. The Labute approximate surface area is 115 Å². The molecule has 4 nitrogen and oxygen atoms in total. The number of amides is 1. The van der Waals surface area contributed by atoms with Crippen molar-refractivity contribution in [2.45, 2.75) is 20.0 Å². The lowest BCUT2D eigenvalue weighted by Crippen LogP contribution is -2.30. The zero-order valence-electron chi connectivity index (χ0n) is 11.5. The van der Waals surface area contributed by atoms with Gasteiger partial charge < -0.3 is 15.0 Å². The van der Waals surface area contributed by atoms with Gasteiger partial charge in [0.25, 0.3) is 0 Å². The molecule has 0 radical (unpaired) electrons. The number of anilines is 2. The van der Waals surface area contributed by atoms with Crippen LogP contribution in [0.15, 0.2) is 18.2 Å². The number of ether oxygens (including phenoxy) is 1. The first-order valence-electron chi connectivity index (χ1n) is 6.14. The molecule has 0 aliphatic rings. The van der Waals surface area contributed by atoms with Crippen LogP contribution < -0.4 is 15.0 Å². The smallest absolute Gasteiger partial charge is 0.471 e. The summed E-state index contributed by atoms with van der Waals surface area (Å²) in [6.45, 7) is 5.40. The summed E-state index contributed by atoms with van der Waals surface area (Å²) in [7, 11) is 1.43. The normalized spacial score (nSPS) is 11.1. The molecule has 1 amide bonds. The lowest BCUT2D eigenvalue weighted by atomic mass is 10.2. The number of methoxy groups -OCH3 is 1. The Morgan fingerprint density at radius 3 is 2.35 bits per heavy atom. The summed E-state index contributed by atoms with van der Waals surface area (Å²) in [5.74, 6) is -1.59. The minimum atomic E-state index is -4.91. The van der Waals surface area contributed by atoms with Crippen LogP contribution in [-0.4, -0.2) is 32.3 Å². The van der Waals surface area contributed by atoms with Crippen molar-refractivity contribution in [3.05, 3.63) is 18.2 Å². The Bertz CT molecular complexity index is 471. The average molecular weight is 290 g/mol. The summed E-state index contributed by atoms with van der Waals surface area (Å²) in [6.07, 6.45) is -4.91. The second-order valence-corrected chi connectivity index (χ2v) is 4.01. The largest absolute Gasteiger partial charge is 0.495 e. The van der Waals surface area contributed by atoms with Crippen molar-refractivity contribution in [1.82, 2.24) is 0 Å². The van der Waals surface area contributed by atoms with Crippen LogP contribution in [0.1, 0.15) is 13.8 Å². The Morgan fingerprint density at radius 1 is 1.30 bits per heavy atom. The zero-order chi connectivity index (χ0) is 15.3. The highest BCUT2D eigenvalue weighted by Gasteiger charge is 2.38. The summed E-state index contributed by atoms with van der Waals surface area (Å²) < 4.78 is 41.7. The Hall–Kier alpha value is -1.92. The topological polar surface area (TPSA) is 41.6 Å². The first-order chi connectivity index (χ1) is 9.33. The van der Waals surface area contributed by atoms with E-state index >= 15 is 0 Å². The number of nitrogens with zero attached hydrogens (tertiary/aromatic N) is 1. The van der Waals surface area contributed by atoms with Crippen molar-refractivity contribution in [2.24, 2.45) is 0 Å². The van der Waals surface area contributed by atoms with Crippen LogP contribution in [0.4, 0.5) is 24.5 Å². The van der Waals surface area contributed by atoms with Crippen LogP contribution in [0.5, 0.6) is 5.75 Å². The molecule has 0 aliphatic heterocycles. The van der Waals surface area contributed by atoms with E-state index in [-0.39, 0.29) is 5.69 Å². The number of nitrogens with one attached hydrogen (secondary N) is 1. The van der Waals surface area contributed by atoms with E-state index in [1.807, 2.05) is 18.7 Å². The molecule has 0 saturated heterocycles. The number of carbonyl (C=O) groups excluding carboxylic acids is 1. The van der Waals surface area contributed by atoms with Crippen LogP contribution in [0, 0.1) is 0 Å². The van der Waals surface area contributed by atoms with E-state index in [4.69, 9.17) is 4.74 Å². The number of hydrogen-bond donors (Lipinski definition) is 1. The fourth-order valence-electron chi connectivity index (χ4n) is 1.78. The van der Waals surface area contributed by atoms with Crippen LogP contribution in [0.25, 0.3) is 0 Å². The zero-order valence-corrected chi connectivity index (χ0v) is 11.5. The van der Waals surface area contributed by atoms with Crippen LogP contribution in [0.2, 0.25) is 0 Å². The Balaban J connectivity index is 3.01. The highest BCUT2D eigenvalue weighted by atomic mass is 19.4. The van der Waals surface area contributed by atoms with Gasteiger partial charge in [-0.25, -0.2) is 0 Å². The summed E-state index contributed by atoms with van der Waals surface area (Å²) in [5.41, 5.74) is 0.808. The van der Waals surface area contributed by atoms with E-state index in [0.29, 0.717) is 5.75 Å². The SMILES string of the molecule is CCN(CC)c1ccc(NC(=O)C(F)(F)F)cc1OC. The van der Waals surface area contributed by atoms with Gasteiger partial charge in [-0.1, -0.05) is 0 Å². The first kappa shape index (κ1) is 16.1. The second-order valence-electron chi connectivity index (χ2n) is 4.01. The van der Waals surface area contributed by atoms with Gasteiger partial charge in [0.2, 0.25) is 0 Å². The number of benzene rings is 1. The molecule has 1 rings (SSSR count). The molecule has 0 aromatic heterocycles. The van der Waals surface area contributed by atoms with Crippen molar-refractivity contribution in [3.8, 4) is 5.75 Å². The fraction of sp³-hybridized carbons (Fsp3) is 0.462. The molecule has 0 heterocycles. The molecule has 112 valence electrons. The minimum Gasteiger partial charge on any atom is -0.495 e. The predicted octanol–water partition coefficient (Wildman–Crippen LogP) is 3.04. The van der Waals surface area contributed by atoms with Crippen LogP contribution in [-0.2, 0) is 4.79 Å². The van der Waals surface area contributed by atoms with E-state index in [9.17, 15) is 18.0 Å². The molecule has 0 fully saturated rings. The molecule has 0 unspecified atom stereocenters. The van der Waals surface area contributed by atoms with Crippen molar-refractivity contribution in [2.75, 3.05) is 30.4 Å². The van der Waals surface area contributed by atoms with Gasteiger partial charge >= 0.3 is 12.1 Å². The molecule has 1 aromatic carbocycles. The number of alkyl halides is 3. The third-order valence-electron chi connectivity index (χ3n) is 2.80. The van der Waals surface area contributed by atoms with Crippen LogP contribution in [0.3, 0.4) is 0 Å². The summed E-state index contributed by atoms with van der Waals surface area (Å²) in [5, 5.41) is 1.80. The van der Waals surface area contributed by atoms with E-state index in [1.165, 1.54) is 19.2 Å².